The van der Waals surface area contributed by atoms with Crippen LogP contribution in [0.1, 0.15) is 12.5 Å². The molecule has 1 rings (SSSR count). The van der Waals surface area contributed by atoms with Gasteiger partial charge in [-0.25, -0.2) is 0 Å². The van der Waals surface area contributed by atoms with E-state index in [1.807, 2.05) is 23.9 Å². The number of nitrogens with two attached hydrogens (primary N) is 1. The number of rotatable bonds is 5. The zero-order valence-electron chi connectivity index (χ0n) is 10.0. The summed E-state index contributed by atoms with van der Waals surface area (Å²) in [6.07, 6.45) is 2.12. The molecule has 0 aliphatic heterocycles. The molecule has 2 nitrogen and oxygen atoms in total. The average Bonchev–Trinajstić information content (AvgIpc) is 2.28. The van der Waals surface area contributed by atoms with E-state index >= 15 is 0 Å². The Bertz CT molecular complexity index is 344. The number of halogens is 1. The first-order valence-electron chi connectivity index (χ1n) is 5.31. The van der Waals surface area contributed by atoms with Crippen LogP contribution in [-0.2, 0) is 6.54 Å². The second kappa shape index (κ2) is 6.38. The molecular formula is C12H19ClN2S. The molecule has 0 saturated heterocycles. The minimum atomic E-state index is 0.471. The lowest BCUT2D eigenvalue weighted by Crippen LogP contribution is -2.31. The summed E-state index contributed by atoms with van der Waals surface area (Å²) in [5, 5.41) is 0.753. The van der Waals surface area contributed by atoms with Crippen molar-refractivity contribution in [2.75, 3.05) is 24.0 Å². The summed E-state index contributed by atoms with van der Waals surface area (Å²) in [5.41, 5.74) is 7.91. The van der Waals surface area contributed by atoms with E-state index in [0.29, 0.717) is 12.6 Å². The van der Waals surface area contributed by atoms with Crippen LogP contribution in [0.3, 0.4) is 0 Å². The Hall–Kier alpha value is -0.380. The van der Waals surface area contributed by atoms with Crippen molar-refractivity contribution in [1.29, 1.82) is 0 Å². The number of anilines is 1. The van der Waals surface area contributed by atoms with Gasteiger partial charge < -0.3 is 10.6 Å². The highest BCUT2D eigenvalue weighted by molar-refractivity contribution is 7.98. The Morgan fingerprint density at radius 2 is 2.19 bits per heavy atom. The second-order valence-corrected chi connectivity index (χ2v) is 5.17. The highest BCUT2D eigenvalue weighted by Crippen LogP contribution is 2.27. The summed E-state index contributed by atoms with van der Waals surface area (Å²) in [7, 11) is 2.09. The quantitative estimate of drug-likeness (QED) is 0.881. The first-order valence-corrected chi connectivity index (χ1v) is 7.08. The van der Waals surface area contributed by atoms with Gasteiger partial charge in [0.25, 0.3) is 0 Å². The smallest absolute Gasteiger partial charge is 0.0471 e. The van der Waals surface area contributed by atoms with Crippen LogP contribution in [0.4, 0.5) is 5.69 Å². The van der Waals surface area contributed by atoms with E-state index in [-0.39, 0.29) is 0 Å². The van der Waals surface area contributed by atoms with E-state index in [2.05, 4.69) is 31.2 Å². The topological polar surface area (TPSA) is 29.3 Å². The molecule has 0 amide bonds. The number of hydrogen-bond donors (Lipinski definition) is 1. The Balaban J connectivity index is 2.98. The summed E-state index contributed by atoms with van der Waals surface area (Å²) in [6.45, 7) is 2.68. The van der Waals surface area contributed by atoms with Gasteiger partial charge in [0.2, 0.25) is 0 Å². The minimum absolute atomic E-state index is 0.471. The van der Waals surface area contributed by atoms with E-state index in [1.165, 1.54) is 0 Å². The van der Waals surface area contributed by atoms with E-state index in [9.17, 15) is 0 Å². The van der Waals surface area contributed by atoms with Crippen molar-refractivity contribution in [1.82, 2.24) is 0 Å². The minimum Gasteiger partial charge on any atom is -0.371 e. The van der Waals surface area contributed by atoms with E-state index in [0.717, 1.165) is 22.0 Å². The first-order chi connectivity index (χ1) is 7.61. The summed E-state index contributed by atoms with van der Waals surface area (Å²) in [4.78, 5) is 2.24. The Kier molecular flexibility index (Phi) is 5.46. The van der Waals surface area contributed by atoms with Gasteiger partial charge >= 0.3 is 0 Å². The van der Waals surface area contributed by atoms with Gasteiger partial charge in [0.15, 0.2) is 0 Å². The predicted molar refractivity (Wildman–Crippen MR) is 75.6 cm³/mol. The molecule has 16 heavy (non-hydrogen) atoms. The molecule has 0 aliphatic rings. The van der Waals surface area contributed by atoms with Gasteiger partial charge in [-0.15, -0.1) is 0 Å². The summed E-state index contributed by atoms with van der Waals surface area (Å²) < 4.78 is 0. The van der Waals surface area contributed by atoms with Crippen molar-refractivity contribution >= 4 is 29.1 Å². The Morgan fingerprint density at radius 1 is 1.50 bits per heavy atom. The number of nitrogens with zero attached hydrogens (tertiary/aromatic N) is 1. The SMILES string of the molecule is CSCC(C)N(C)c1cccc(Cl)c1CN. The van der Waals surface area contributed by atoms with E-state index < -0.39 is 0 Å². The maximum absolute atomic E-state index is 6.14. The molecular weight excluding hydrogens is 240 g/mol. The average molecular weight is 259 g/mol. The molecule has 1 atom stereocenters. The van der Waals surface area contributed by atoms with Crippen molar-refractivity contribution in [2.24, 2.45) is 5.73 Å². The van der Waals surface area contributed by atoms with Gasteiger partial charge in [-0.2, -0.15) is 11.8 Å². The molecule has 0 aromatic heterocycles. The predicted octanol–water partition coefficient (Wildman–Crippen LogP) is 2.99. The molecule has 0 aliphatic carbocycles. The molecule has 0 spiro atoms. The van der Waals surface area contributed by atoms with Crippen LogP contribution in [0.15, 0.2) is 18.2 Å². The number of benzene rings is 1. The van der Waals surface area contributed by atoms with Crippen LogP contribution in [0.5, 0.6) is 0 Å². The van der Waals surface area contributed by atoms with Crippen LogP contribution >= 0.6 is 23.4 Å². The molecule has 0 bridgehead atoms. The van der Waals surface area contributed by atoms with Gasteiger partial charge in [-0.1, -0.05) is 17.7 Å². The molecule has 90 valence electrons. The van der Waals surface area contributed by atoms with Crippen molar-refractivity contribution in [2.45, 2.75) is 19.5 Å². The summed E-state index contributed by atoms with van der Waals surface area (Å²) in [6, 6.07) is 6.41. The molecule has 2 N–H and O–H groups in total. The maximum atomic E-state index is 6.14. The van der Waals surface area contributed by atoms with Crippen molar-refractivity contribution in [3.63, 3.8) is 0 Å². The van der Waals surface area contributed by atoms with Crippen LogP contribution in [-0.4, -0.2) is 25.1 Å². The fourth-order valence-corrected chi connectivity index (χ4v) is 2.62. The van der Waals surface area contributed by atoms with E-state index in [1.54, 1.807) is 0 Å². The lowest BCUT2D eigenvalue weighted by molar-refractivity contribution is 0.760. The lowest BCUT2D eigenvalue weighted by Gasteiger charge is -2.28. The molecule has 0 heterocycles. The van der Waals surface area contributed by atoms with Crippen LogP contribution in [0.2, 0.25) is 5.02 Å². The third kappa shape index (κ3) is 3.06. The summed E-state index contributed by atoms with van der Waals surface area (Å²) >= 11 is 7.99. The van der Waals surface area contributed by atoms with Gasteiger partial charge in [0.1, 0.15) is 0 Å². The molecule has 4 heteroatoms. The molecule has 1 aromatic carbocycles. The standard InChI is InChI=1S/C12H19ClN2S/c1-9(8-16-3)15(2)12-6-4-5-11(13)10(12)7-14/h4-6,9H,7-8,14H2,1-3H3. The highest BCUT2D eigenvalue weighted by atomic mass is 35.5. The first kappa shape index (κ1) is 13.7. The van der Waals surface area contributed by atoms with Gasteiger partial charge in [0.05, 0.1) is 0 Å². The maximum Gasteiger partial charge on any atom is 0.0471 e. The molecule has 0 fully saturated rings. The monoisotopic (exact) mass is 258 g/mol. The zero-order chi connectivity index (χ0) is 12.1. The van der Waals surface area contributed by atoms with Crippen LogP contribution in [0, 0.1) is 0 Å². The van der Waals surface area contributed by atoms with Crippen LogP contribution < -0.4 is 10.6 Å². The van der Waals surface area contributed by atoms with Gasteiger partial charge in [0, 0.05) is 41.7 Å². The number of thioether (sulfide) groups is 1. The third-order valence-electron chi connectivity index (χ3n) is 2.75. The fourth-order valence-electron chi connectivity index (χ4n) is 1.67. The molecule has 1 unspecified atom stereocenters. The molecule has 1 aromatic rings. The third-order valence-corrected chi connectivity index (χ3v) is 3.92. The van der Waals surface area contributed by atoms with Crippen molar-refractivity contribution in [3.05, 3.63) is 28.8 Å². The lowest BCUT2D eigenvalue weighted by atomic mass is 10.1. The zero-order valence-corrected chi connectivity index (χ0v) is 11.6. The fraction of sp³-hybridized carbons (Fsp3) is 0.500. The normalized spacial score (nSPS) is 12.6. The van der Waals surface area contributed by atoms with Gasteiger partial charge in [-0.3, -0.25) is 0 Å². The Morgan fingerprint density at radius 3 is 2.75 bits per heavy atom. The second-order valence-electron chi connectivity index (χ2n) is 3.86. The summed E-state index contributed by atoms with van der Waals surface area (Å²) in [5.74, 6) is 1.09. The molecule has 0 radical (unpaired) electrons. The molecule has 0 saturated carbocycles. The Labute approximate surface area is 107 Å². The number of hydrogen-bond acceptors (Lipinski definition) is 3. The van der Waals surface area contributed by atoms with Crippen LogP contribution in [0.25, 0.3) is 0 Å². The highest BCUT2D eigenvalue weighted by Gasteiger charge is 2.14. The van der Waals surface area contributed by atoms with Crippen molar-refractivity contribution in [3.8, 4) is 0 Å². The van der Waals surface area contributed by atoms with Gasteiger partial charge in [-0.05, 0) is 25.3 Å². The van der Waals surface area contributed by atoms with E-state index in [4.69, 9.17) is 17.3 Å². The van der Waals surface area contributed by atoms with Crippen molar-refractivity contribution < 1.29 is 0 Å². The largest absolute Gasteiger partial charge is 0.371 e.